The third-order valence-corrected chi connectivity index (χ3v) is 18.5. The molecule has 0 aliphatic carbocycles. The third-order valence-electron chi connectivity index (χ3n) is 17.9. The van der Waals surface area contributed by atoms with Crippen molar-refractivity contribution >= 4 is 15.9 Å². The van der Waals surface area contributed by atoms with Crippen LogP contribution in [0, 0.1) is 0 Å². The van der Waals surface area contributed by atoms with Gasteiger partial charge in [0.05, 0.1) is 26.4 Å². The number of allylic oxidation sites excluding steroid dienone is 2. The van der Waals surface area contributed by atoms with E-state index in [0.29, 0.717) is 26.4 Å². The lowest BCUT2D eigenvalue weighted by atomic mass is 9.80. The molecule has 0 bridgehead atoms. The van der Waals surface area contributed by atoms with Crippen LogP contribution in [-0.4, -0.2) is 68.9 Å². The molecule has 0 amide bonds. The summed E-state index contributed by atoms with van der Waals surface area (Å²) in [4.78, 5) is 0. The molecule has 0 saturated carbocycles. The first-order chi connectivity index (χ1) is 47.0. The predicted octanol–water partition coefficient (Wildman–Crippen LogP) is 24.8. The van der Waals surface area contributed by atoms with Crippen LogP contribution in [0.15, 0.2) is 207 Å². The molecule has 6 aromatic carbocycles. The van der Waals surface area contributed by atoms with Crippen molar-refractivity contribution in [3.8, 4) is 0 Å². The second-order valence-corrected chi connectivity index (χ2v) is 26.7. The third kappa shape index (κ3) is 35.4. The fraction of sp³-hybridized carbons (Fsp3) is 0.545. The fourth-order valence-electron chi connectivity index (χ4n) is 12.4. The molecule has 2 unspecified atom stereocenters. The van der Waals surface area contributed by atoms with Crippen molar-refractivity contribution in [2.45, 2.75) is 256 Å². The molecule has 0 heterocycles. The number of hydrogen-bond donors (Lipinski definition) is 1. The summed E-state index contributed by atoms with van der Waals surface area (Å²) in [5.41, 5.74) is 4.83. The molecule has 0 fully saturated rings. The Bertz CT molecular complexity index is 2430. The highest BCUT2D eigenvalue weighted by Gasteiger charge is 2.39. The number of hydrogen-bond acceptors (Lipinski definition) is 6. The summed E-state index contributed by atoms with van der Waals surface area (Å²) >= 11 is 3.35. The van der Waals surface area contributed by atoms with Gasteiger partial charge in [-0.2, -0.15) is 0 Å². The smallest absolute Gasteiger partial charge is 0.143 e. The van der Waals surface area contributed by atoms with Crippen LogP contribution in [0.5, 0.6) is 0 Å². The van der Waals surface area contributed by atoms with Gasteiger partial charge in [0.1, 0.15) is 23.4 Å². The van der Waals surface area contributed by atoms with E-state index in [-0.39, 0.29) is 19.3 Å². The SMILES string of the molecule is C=CCCCCBr.C=CCCCCOC(COCCCCCCCCCCCCCCCC)COC(c1ccccc1)(c1ccccc1)c1ccccc1.CCCCCCCCCCCCCCCCOCC(O)COC(c1ccccc1)(c1ccccc1)c1ccccc1. The number of rotatable bonds is 56. The van der Waals surface area contributed by atoms with E-state index in [1.54, 1.807) is 0 Å². The van der Waals surface area contributed by atoms with Gasteiger partial charge in [-0.05, 0) is 84.7 Å². The van der Waals surface area contributed by atoms with Gasteiger partial charge in [-0.3, -0.25) is 0 Å². The Morgan fingerprint density at radius 3 is 0.884 bits per heavy atom. The number of aliphatic hydroxyl groups excluding tert-OH is 1. The number of halogens is 1. The van der Waals surface area contributed by atoms with Crippen LogP contribution in [0.4, 0.5) is 0 Å². The number of ether oxygens (including phenoxy) is 5. The van der Waals surface area contributed by atoms with Crippen molar-refractivity contribution in [2.24, 2.45) is 0 Å². The Labute approximate surface area is 589 Å². The Kier molecular flexibility index (Phi) is 49.5. The summed E-state index contributed by atoms with van der Waals surface area (Å²) in [5.74, 6) is 0. The van der Waals surface area contributed by atoms with E-state index in [0.717, 1.165) is 83.8 Å². The van der Waals surface area contributed by atoms with Gasteiger partial charge >= 0.3 is 0 Å². The van der Waals surface area contributed by atoms with E-state index < -0.39 is 17.3 Å². The van der Waals surface area contributed by atoms with Crippen molar-refractivity contribution < 1.29 is 28.8 Å². The van der Waals surface area contributed by atoms with Gasteiger partial charge in [-0.1, -0.05) is 391 Å². The molecule has 0 spiro atoms. The van der Waals surface area contributed by atoms with Gasteiger partial charge in [0.2, 0.25) is 0 Å². The van der Waals surface area contributed by atoms with Gasteiger partial charge < -0.3 is 28.8 Å². The van der Waals surface area contributed by atoms with Crippen LogP contribution >= 0.6 is 15.9 Å². The topological polar surface area (TPSA) is 66.4 Å². The Morgan fingerprint density at radius 2 is 0.589 bits per heavy atom. The monoisotopic (exact) mass is 1360 g/mol. The first kappa shape index (κ1) is 82.5. The minimum absolute atomic E-state index is 0.152. The first-order valence-corrected chi connectivity index (χ1v) is 39.0. The van der Waals surface area contributed by atoms with E-state index in [9.17, 15) is 5.11 Å². The zero-order valence-electron chi connectivity index (χ0n) is 59.6. The van der Waals surface area contributed by atoms with Gasteiger partial charge in [0.15, 0.2) is 0 Å². The fourth-order valence-corrected chi connectivity index (χ4v) is 12.8. The molecule has 0 aliphatic heterocycles. The summed E-state index contributed by atoms with van der Waals surface area (Å²) in [5, 5.41) is 11.9. The Hall–Kier alpha value is -4.96. The minimum atomic E-state index is -0.820. The minimum Gasteiger partial charge on any atom is -0.388 e. The van der Waals surface area contributed by atoms with Crippen molar-refractivity contribution in [1.82, 2.24) is 0 Å². The van der Waals surface area contributed by atoms with E-state index in [4.69, 9.17) is 23.7 Å². The summed E-state index contributed by atoms with van der Waals surface area (Å²) in [6.45, 7) is 15.6. The maximum atomic E-state index is 10.8. The molecule has 95 heavy (non-hydrogen) atoms. The molecular formula is C88H129BrO6. The molecular weight excluding hydrogens is 1230 g/mol. The highest BCUT2D eigenvalue weighted by atomic mass is 79.9. The van der Waals surface area contributed by atoms with Crippen LogP contribution in [-0.2, 0) is 34.9 Å². The normalized spacial score (nSPS) is 12.1. The maximum Gasteiger partial charge on any atom is 0.143 e. The number of benzene rings is 6. The molecule has 0 radical (unpaired) electrons. The van der Waals surface area contributed by atoms with Crippen LogP contribution in [0.25, 0.3) is 0 Å². The van der Waals surface area contributed by atoms with E-state index in [2.05, 4.69) is 170 Å². The predicted molar refractivity (Wildman–Crippen MR) is 410 cm³/mol. The highest BCUT2D eigenvalue weighted by molar-refractivity contribution is 9.09. The van der Waals surface area contributed by atoms with Crippen molar-refractivity contribution in [3.63, 3.8) is 0 Å². The molecule has 7 heteroatoms. The molecule has 0 aromatic heterocycles. The van der Waals surface area contributed by atoms with Gasteiger partial charge in [0, 0.05) is 25.2 Å². The molecule has 6 rings (SSSR count). The number of aliphatic hydroxyl groups is 1. The molecule has 6 aromatic rings. The van der Waals surface area contributed by atoms with Crippen LogP contribution in [0.2, 0.25) is 0 Å². The van der Waals surface area contributed by atoms with Gasteiger partial charge in [0.25, 0.3) is 0 Å². The quantitative estimate of drug-likeness (QED) is 0.0178. The largest absolute Gasteiger partial charge is 0.388 e. The van der Waals surface area contributed by atoms with Crippen molar-refractivity contribution in [3.05, 3.63) is 241 Å². The van der Waals surface area contributed by atoms with Crippen LogP contribution < -0.4 is 0 Å². The molecule has 1 N–H and O–H groups in total. The zero-order valence-corrected chi connectivity index (χ0v) is 61.2. The summed E-state index contributed by atoms with van der Waals surface area (Å²) in [7, 11) is 0. The lowest BCUT2D eigenvalue weighted by Crippen LogP contribution is -2.37. The maximum absolute atomic E-state index is 10.8. The second kappa shape index (κ2) is 57.0. The van der Waals surface area contributed by atoms with Gasteiger partial charge in [-0.15, -0.1) is 13.2 Å². The first-order valence-electron chi connectivity index (χ1n) is 37.8. The molecule has 524 valence electrons. The van der Waals surface area contributed by atoms with E-state index in [1.807, 2.05) is 66.7 Å². The van der Waals surface area contributed by atoms with E-state index in [1.165, 1.54) is 180 Å². The molecule has 6 nitrogen and oxygen atoms in total. The Morgan fingerprint density at radius 1 is 0.326 bits per heavy atom. The summed E-state index contributed by atoms with van der Waals surface area (Å²) in [6.07, 6.45) is 47.8. The lowest BCUT2D eigenvalue weighted by molar-refractivity contribution is -0.0922. The number of alkyl halides is 1. The molecule has 0 aliphatic rings. The lowest BCUT2D eigenvalue weighted by Gasteiger charge is -2.37. The van der Waals surface area contributed by atoms with Crippen molar-refractivity contribution in [2.75, 3.05) is 51.6 Å². The second-order valence-electron chi connectivity index (χ2n) is 25.9. The molecule has 2 atom stereocenters. The standard InChI is InChI=1S/C44H64O3.C38H54O3.C6H11Br/c1-3-5-7-9-10-11-12-13-14-15-16-17-18-28-36-45-38-43(46-37-29-8-6-4-2)39-47-44(40-30-22-19-23-31-40,41-32-24-20-25-33-41)42-34-26-21-27-35-42;1-2-3-4-5-6-7-8-9-10-11-12-13-14-24-31-40-32-37(39)33-41-38(34-25-18-15-19-26-34,35-27-20-16-21-28-35)36-29-22-17-23-30-36;1-2-3-4-5-6-7/h4,19-27,30-35,43H,2-3,5-18,28-29,36-39H2,1H3;15-23,25-30,37,39H,2-14,24,31-33H2,1H3;2H,1,3-6H2. The summed E-state index contributed by atoms with van der Waals surface area (Å²) < 4.78 is 32.3. The average molecular weight is 1360 g/mol. The highest BCUT2D eigenvalue weighted by Crippen LogP contribution is 2.42. The van der Waals surface area contributed by atoms with Crippen LogP contribution in [0.1, 0.15) is 266 Å². The zero-order chi connectivity index (χ0) is 67.5. The summed E-state index contributed by atoms with van der Waals surface area (Å²) in [6, 6.07) is 62.6. The van der Waals surface area contributed by atoms with Crippen LogP contribution in [0.3, 0.4) is 0 Å². The van der Waals surface area contributed by atoms with E-state index >= 15 is 0 Å². The molecule has 0 saturated heterocycles. The number of unbranched alkanes of at least 4 members (excludes halogenated alkanes) is 30. The average Bonchev–Trinajstić information content (AvgIpc) is 0.773. The van der Waals surface area contributed by atoms with Gasteiger partial charge in [-0.25, -0.2) is 0 Å². The van der Waals surface area contributed by atoms with Crippen molar-refractivity contribution in [1.29, 1.82) is 0 Å². The Balaban J connectivity index is 0.000000370.